The predicted octanol–water partition coefficient (Wildman–Crippen LogP) is 7.13. The molecule has 0 saturated heterocycles. The van der Waals surface area contributed by atoms with Crippen LogP contribution in [0.25, 0.3) is 0 Å². The molecule has 0 radical (unpaired) electrons. The molecule has 0 aromatic heterocycles. The molecule has 2 saturated carbocycles. The molecule has 0 heteroatoms. The predicted molar refractivity (Wildman–Crippen MR) is 96.9 cm³/mol. The molecule has 0 bridgehead atoms. The highest BCUT2D eigenvalue weighted by atomic mass is 14.4. The second kappa shape index (κ2) is 8.18. The van der Waals surface area contributed by atoms with Gasteiger partial charge in [0.25, 0.3) is 0 Å². The summed E-state index contributed by atoms with van der Waals surface area (Å²) >= 11 is 0. The Kier molecular flexibility index (Phi) is 5.98. The van der Waals surface area contributed by atoms with Gasteiger partial charge in [-0.2, -0.15) is 0 Å². The molecule has 3 aliphatic rings. The van der Waals surface area contributed by atoms with E-state index in [1.165, 1.54) is 83.5 Å². The average molecular weight is 299 g/mol. The van der Waals surface area contributed by atoms with E-state index >= 15 is 0 Å². The van der Waals surface area contributed by atoms with Crippen LogP contribution < -0.4 is 0 Å². The van der Waals surface area contributed by atoms with Crippen molar-refractivity contribution in [3.63, 3.8) is 0 Å². The van der Waals surface area contributed by atoms with Crippen molar-refractivity contribution in [3.05, 3.63) is 36.0 Å². The summed E-state index contributed by atoms with van der Waals surface area (Å²) in [5.74, 6) is 1.06. The second-order valence-electron chi connectivity index (χ2n) is 7.93. The summed E-state index contributed by atoms with van der Waals surface area (Å²) < 4.78 is 0. The third-order valence-corrected chi connectivity index (χ3v) is 6.40. The van der Waals surface area contributed by atoms with E-state index in [4.69, 9.17) is 0 Å². The summed E-state index contributed by atoms with van der Waals surface area (Å²) in [5.41, 5.74) is 2.15. The molecule has 0 aromatic rings. The van der Waals surface area contributed by atoms with Crippen LogP contribution >= 0.6 is 0 Å². The topological polar surface area (TPSA) is 0 Å². The van der Waals surface area contributed by atoms with Gasteiger partial charge in [-0.25, -0.2) is 0 Å². The molecule has 0 spiro atoms. The first kappa shape index (κ1) is 16.1. The van der Waals surface area contributed by atoms with Crippen molar-refractivity contribution in [1.29, 1.82) is 0 Å². The summed E-state index contributed by atoms with van der Waals surface area (Å²) in [4.78, 5) is 0. The summed E-state index contributed by atoms with van der Waals surface area (Å²) in [6.45, 7) is 0. The van der Waals surface area contributed by atoms with Crippen molar-refractivity contribution >= 4 is 0 Å². The molecule has 22 heavy (non-hydrogen) atoms. The van der Waals surface area contributed by atoms with Crippen LogP contribution in [0.2, 0.25) is 0 Å². The zero-order valence-corrected chi connectivity index (χ0v) is 14.4. The molecule has 122 valence electrons. The van der Waals surface area contributed by atoms with E-state index in [0.29, 0.717) is 5.41 Å². The largest absolute Gasteiger partial charge is 0.0807 e. The first-order chi connectivity index (χ1) is 10.9. The van der Waals surface area contributed by atoms with Gasteiger partial charge in [-0.05, 0) is 42.6 Å². The standard InChI is InChI=1S/C22H34/c1-2-6-16-21(15-5-1)22(17-9-3-4-10-18-22)19-11-14-20-12-7-8-13-20/h1,5-6,15-16,20H,2-4,7-14,17-19H2. The van der Waals surface area contributed by atoms with Crippen LogP contribution in [0.4, 0.5) is 0 Å². The summed E-state index contributed by atoms with van der Waals surface area (Å²) in [6.07, 6.45) is 32.0. The van der Waals surface area contributed by atoms with Gasteiger partial charge >= 0.3 is 0 Å². The van der Waals surface area contributed by atoms with E-state index in [-0.39, 0.29) is 0 Å². The molecule has 3 rings (SSSR count). The number of hydrogen-bond acceptors (Lipinski definition) is 0. The molecule has 0 amide bonds. The van der Waals surface area contributed by atoms with E-state index < -0.39 is 0 Å². The Morgan fingerprint density at radius 2 is 1.68 bits per heavy atom. The van der Waals surface area contributed by atoms with Gasteiger partial charge in [0.1, 0.15) is 0 Å². The summed E-state index contributed by atoms with van der Waals surface area (Å²) in [7, 11) is 0. The monoisotopic (exact) mass is 298 g/mol. The molecule has 0 atom stereocenters. The fourth-order valence-electron chi connectivity index (χ4n) is 5.05. The molecular weight excluding hydrogens is 264 g/mol. The minimum atomic E-state index is 0.500. The molecule has 0 aliphatic heterocycles. The van der Waals surface area contributed by atoms with E-state index in [1.807, 2.05) is 0 Å². The average Bonchev–Trinajstić information content (AvgIpc) is 2.78. The highest BCUT2D eigenvalue weighted by Crippen LogP contribution is 2.47. The molecule has 0 N–H and O–H groups in total. The summed E-state index contributed by atoms with van der Waals surface area (Å²) in [6, 6.07) is 0. The fourth-order valence-corrected chi connectivity index (χ4v) is 5.05. The Hall–Kier alpha value is -0.780. The molecule has 0 heterocycles. The van der Waals surface area contributed by atoms with Gasteiger partial charge in [0.15, 0.2) is 0 Å². The van der Waals surface area contributed by atoms with E-state index in [1.54, 1.807) is 5.57 Å². The Labute approximate surface area is 137 Å². The van der Waals surface area contributed by atoms with Crippen molar-refractivity contribution in [2.75, 3.05) is 0 Å². The van der Waals surface area contributed by atoms with Crippen LogP contribution in [0.5, 0.6) is 0 Å². The van der Waals surface area contributed by atoms with E-state index in [2.05, 4.69) is 30.4 Å². The first-order valence-electron chi connectivity index (χ1n) is 9.93. The molecule has 3 aliphatic carbocycles. The minimum absolute atomic E-state index is 0.500. The van der Waals surface area contributed by atoms with Crippen molar-refractivity contribution < 1.29 is 0 Å². The molecule has 0 nitrogen and oxygen atoms in total. The van der Waals surface area contributed by atoms with Gasteiger partial charge in [0.2, 0.25) is 0 Å². The quantitative estimate of drug-likeness (QED) is 0.473. The Balaban J connectivity index is 1.67. The maximum Gasteiger partial charge on any atom is -0.00471 e. The van der Waals surface area contributed by atoms with Crippen LogP contribution in [0, 0.1) is 11.3 Å². The fraction of sp³-hybridized carbons (Fsp3) is 0.727. The zero-order chi connectivity index (χ0) is 15.1. The van der Waals surface area contributed by atoms with Gasteiger partial charge in [-0.15, -0.1) is 0 Å². The smallest absolute Gasteiger partial charge is 0.00471 e. The Morgan fingerprint density at radius 1 is 0.909 bits per heavy atom. The lowest BCUT2D eigenvalue weighted by Gasteiger charge is -2.35. The summed E-state index contributed by atoms with van der Waals surface area (Å²) in [5, 5.41) is 0. The van der Waals surface area contributed by atoms with Gasteiger partial charge in [-0.1, -0.05) is 94.6 Å². The van der Waals surface area contributed by atoms with Crippen molar-refractivity contribution in [3.8, 4) is 0 Å². The zero-order valence-electron chi connectivity index (χ0n) is 14.4. The van der Waals surface area contributed by atoms with Gasteiger partial charge in [-0.3, -0.25) is 0 Å². The lowest BCUT2D eigenvalue weighted by Crippen LogP contribution is -2.22. The number of allylic oxidation sites excluding steroid dienone is 6. The van der Waals surface area contributed by atoms with Gasteiger partial charge in [0.05, 0.1) is 0 Å². The number of hydrogen-bond donors (Lipinski definition) is 0. The number of rotatable bonds is 5. The highest BCUT2D eigenvalue weighted by Gasteiger charge is 2.33. The van der Waals surface area contributed by atoms with E-state index in [9.17, 15) is 0 Å². The third kappa shape index (κ3) is 4.15. The van der Waals surface area contributed by atoms with Crippen LogP contribution in [0.3, 0.4) is 0 Å². The lowest BCUT2D eigenvalue weighted by molar-refractivity contribution is 0.268. The Bertz CT molecular complexity index is 409. The van der Waals surface area contributed by atoms with Crippen molar-refractivity contribution in [2.45, 2.75) is 89.9 Å². The van der Waals surface area contributed by atoms with Crippen molar-refractivity contribution in [2.24, 2.45) is 11.3 Å². The third-order valence-electron chi connectivity index (χ3n) is 6.40. The molecule has 0 unspecified atom stereocenters. The van der Waals surface area contributed by atoms with Crippen LogP contribution in [-0.2, 0) is 0 Å². The minimum Gasteiger partial charge on any atom is -0.0807 e. The molecule has 2 fully saturated rings. The second-order valence-corrected chi connectivity index (χ2v) is 7.93. The van der Waals surface area contributed by atoms with Gasteiger partial charge in [0, 0.05) is 0 Å². The van der Waals surface area contributed by atoms with E-state index in [0.717, 1.165) is 12.3 Å². The van der Waals surface area contributed by atoms with Crippen LogP contribution in [0.15, 0.2) is 36.0 Å². The Morgan fingerprint density at radius 3 is 2.45 bits per heavy atom. The van der Waals surface area contributed by atoms with Crippen LogP contribution in [-0.4, -0.2) is 0 Å². The maximum atomic E-state index is 2.46. The SMILES string of the molecule is C1=CCC=CC(C2(CCCC3CCCC3)CCCCCC2)=C1. The molecule has 0 aromatic carbocycles. The van der Waals surface area contributed by atoms with Crippen LogP contribution in [0.1, 0.15) is 89.9 Å². The molecular formula is C22H34. The maximum absolute atomic E-state index is 2.46. The normalized spacial score (nSPS) is 25.7. The lowest BCUT2D eigenvalue weighted by atomic mass is 9.69. The highest BCUT2D eigenvalue weighted by molar-refractivity contribution is 5.33. The first-order valence-corrected chi connectivity index (χ1v) is 9.93. The van der Waals surface area contributed by atoms with Crippen molar-refractivity contribution in [1.82, 2.24) is 0 Å². The van der Waals surface area contributed by atoms with Gasteiger partial charge < -0.3 is 0 Å².